The molecule has 0 fully saturated rings. The molecule has 0 saturated carbocycles. The molecule has 29 heavy (non-hydrogen) atoms. The lowest BCUT2D eigenvalue weighted by atomic mass is 10.2. The summed E-state index contributed by atoms with van der Waals surface area (Å²) >= 11 is 7.49. The van der Waals surface area contributed by atoms with Crippen LogP contribution >= 0.6 is 23.4 Å². The molecule has 4 aromatic rings. The standard InChI is InChI=1S/C21H17ClFN3O2S/c1-27-19-9-4-14(11-18(19)23)13-29-21-25-24-20(15-5-7-16(22)8-6-15)26(21)12-17-3-2-10-28-17/h2-11H,12-13H2,1H3. The molecule has 0 saturated heterocycles. The first kappa shape index (κ1) is 19.5. The van der Waals surface area contributed by atoms with Crippen LogP contribution < -0.4 is 4.74 Å². The van der Waals surface area contributed by atoms with Gasteiger partial charge in [0.25, 0.3) is 0 Å². The number of halogens is 2. The second kappa shape index (κ2) is 8.71. The van der Waals surface area contributed by atoms with Gasteiger partial charge in [0.15, 0.2) is 22.5 Å². The molecular formula is C21H17ClFN3O2S. The van der Waals surface area contributed by atoms with Crippen LogP contribution in [0.2, 0.25) is 5.02 Å². The van der Waals surface area contributed by atoms with Gasteiger partial charge in [-0.2, -0.15) is 0 Å². The average Bonchev–Trinajstić information content (AvgIpc) is 3.38. The minimum absolute atomic E-state index is 0.227. The van der Waals surface area contributed by atoms with Crippen LogP contribution in [0.5, 0.6) is 5.75 Å². The second-order valence-electron chi connectivity index (χ2n) is 6.24. The van der Waals surface area contributed by atoms with Gasteiger partial charge in [-0.15, -0.1) is 10.2 Å². The van der Waals surface area contributed by atoms with E-state index in [2.05, 4.69) is 10.2 Å². The van der Waals surface area contributed by atoms with Gasteiger partial charge in [0.05, 0.1) is 19.9 Å². The van der Waals surface area contributed by atoms with Gasteiger partial charge in [-0.3, -0.25) is 4.57 Å². The molecule has 4 rings (SSSR count). The second-order valence-corrected chi connectivity index (χ2v) is 7.62. The number of hydrogen-bond acceptors (Lipinski definition) is 5. The fourth-order valence-corrected chi connectivity index (χ4v) is 3.86. The molecule has 0 N–H and O–H groups in total. The van der Waals surface area contributed by atoms with Gasteiger partial charge in [-0.05, 0) is 54.1 Å². The van der Waals surface area contributed by atoms with Crippen molar-refractivity contribution in [2.45, 2.75) is 17.5 Å². The Morgan fingerprint density at radius 1 is 1.14 bits per heavy atom. The van der Waals surface area contributed by atoms with Crippen LogP contribution in [0.25, 0.3) is 11.4 Å². The lowest BCUT2D eigenvalue weighted by Crippen LogP contribution is -2.03. The van der Waals surface area contributed by atoms with E-state index in [1.54, 1.807) is 12.3 Å². The molecule has 2 heterocycles. The lowest BCUT2D eigenvalue weighted by molar-refractivity contribution is 0.386. The Labute approximate surface area is 176 Å². The van der Waals surface area contributed by atoms with E-state index in [-0.39, 0.29) is 11.6 Å². The van der Waals surface area contributed by atoms with Crippen LogP contribution in [-0.2, 0) is 12.3 Å². The highest BCUT2D eigenvalue weighted by molar-refractivity contribution is 7.98. The Hall–Kier alpha value is -2.77. The van der Waals surface area contributed by atoms with Crippen molar-refractivity contribution < 1.29 is 13.5 Å². The first-order valence-electron chi connectivity index (χ1n) is 8.81. The molecule has 0 aliphatic heterocycles. The molecule has 0 amide bonds. The summed E-state index contributed by atoms with van der Waals surface area (Å²) in [5.74, 6) is 1.88. The Balaban J connectivity index is 1.62. The van der Waals surface area contributed by atoms with Crippen molar-refractivity contribution in [1.29, 1.82) is 0 Å². The summed E-state index contributed by atoms with van der Waals surface area (Å²) in [6.07, 6.45) is 1.63. The maximum Gasteiger partial charge on any atom is 0.192 e. The van der Waals surface area contributed by atoms with E-state index in [9.17, 15) is 4.39 Å². The van der Waals surface area contributed by atoms with E-state index in [4.69, 9.17) is 20.8 Å². The number of rotatable bonds is 7. The van der Waals surface area contributed by atoms with E-state index >= 15 is 0 Å². The maximum absolute atomic E-state index is 14.0. The van der Waals surface area contributed by atoms with Crippen LogP contribution in [0.4, 0.5) is 4.39 Å². The molecule has 0 aliphatic carbocycles. The fraction of sp³-hybridized carbons (Fsp3) is 0.143. The number of thioether (sulfide) groups is 1. The number of aromatic nitrogens is 3. The highest BCUT2D eigenvalue weighted by atomic mass is 35.5. The first-order chi connectivity index (χ1) is 14.1. The molecule has 0 radical (unpaired) electrons. The Morgan fingerprint density at radius 3 is 2.66 bits per heavy atom. The summed E-state index contributed by atoms with van der Waals surface area (Å²) in [6.45, 7) is 0.483. The number of nitrogens with zero attached hydrogens (tertiary/aromatic N) is 3. The predicted molar refractivity (Wildman–Crippen MR) is 111 cm³/mol. The van der Waals surface area contributed by atoms with Crippen LogP contribution in [0.3, 0.4) is 0 Å². The molecule has 148 valence electrons. The summed E-state index contributed by atoms with van der Waals surface area (Å²) in [7, 11) is 1.45. The van der Waals surface area contributed by atoms with Gasteiger partial charge < -0.3 is 9.15 Å². The van der Waals surface area contributed by atoms with Gasteiger partial charge >= 0.3 is 0 Å². The quantitative estimate of drug-likeness (QED) is 0.354. The minimum Gasteiger partial charge on any atom is -0.494 e. The largest absolute Gasteiger partial charge is 0.494 e. The van der Waals surface area contributed by atoms with Gasteiger partial charge in [-0.25, -0.2) is 4.39 Å². The normalized spacial score (nSPS) is 11.0. The molecule has 8 heteroatoms. The van der Waals surface area contributed by atoms with Crippen molar-refractivity contribution in [3.05, 3.63) is 83.0 Å². The minimum atomic E-state index is -0.385. The summed E-state index contributed by atoms with van der Waals surface area (Å²) in [6, 6.07) is 16.1. The number of ether oxygens (including phenoxy) is 1. The van der Waals surface area contributed by atoms with Crippen LogP contribution in [0.1, 0.15) is 11.3 Å². The molecule has 0 bridgehead atoms. The Kier molecular flexibility index (Phi) is 5.87. The fourth-order valence-electron chi connectivity index (χ4n) is 2.86. The molecular weight excluding hydrogens is 413 g/mol. The van der Waals surface area contributed by atoms with E-state index in [0.717, 1.165) is 16.9 Å². The van der Waals surface area contributed by atoms with Gasteiger partial charge in [0.1, 0.15) is 5.76 Å². The van der Waals surface area contributed by atoms with E-state index in [0.29, 0.717) is 28.3 Å². The zero-order chi connectivity index (χ0) is 20.2. The maximum atomic E-state index is 14.0. The Morgan fingerprint density at radius 2 is 1.97 bits per heavy atom. The van der Waals surface area contributed by atoms with Gasteiger partial charge in [0, 0.05) is 16.3 Å². The van der Waals surface area contributed by atoms with Crippen molar-refractivity contribution >= 4 is 23.4 Å². The monoisotopic (exact) mass is 429 g/mol. The van der Waals surface area contributed by atoms with Crippen molar-refractivity contribution in [1.82, 2.24) is 14.8 Å². The lowest BCUT2D eigenvalue weighted by Gasteiger charge is -2.09. The summed E-state index contributed by atoms with van der Waals surface area (Å²) < 4.78 is 26.4. The third-order valence-electron chi connectivity index (χ3n) is 4.30. The van der Waals surface area contributed by atoms with Crippen molar-refractivity contribution in [3.63, 3.8) is 0 Å². The number of benzene rings is 2. The number of hydrogen-bond donors (Lipinski definition) is 0. The third kappa shape index (κ3) is 4.46. The summed E-state index contributed by atoms with van der Waals surface area (Å²) in [4.78, 5) is 0. The van der Waals surface area contributed by atoms with Gasteiger partial charge in [0.2, 0.25) is 0 Å². The van der Waals surface area contributed by atoms with E-state index in [1.807, 2.05) is 47.0 Å². The molecule has 2 aromatic carbocycles. The highest BCUT2D eigenvalue weighted by Gasteiger charge is 2.16. The molecule has 0 aliphatic rings. The SMILES string of the molecule is COc1ccc(CSc2nnc(-c3ccc(Cl)cc3)n2Cc2ccco2)cc1F. The summed E-state index contributed by atoms with van der Waals surface area (Å²) in [5.41, 5.74) is 1.73. The average molecular weight is 430 g/mol. The third-order valence-corrected chi connectivity index (χ3v) is 5.59. The first-order valence-corrected chi connectivity index (χ1v) is 10.2. The van der Waals surface area contributed by atoms with Crippen LogP contribution in [0.15, 0.2) is 70.4 Å². The van der Waals surface area contributed by atoms with Crippen LogP contribution in [0, 0.1) is 5.82 Å². The zero-order valence-corrected chi connectivity index (χ0v) is 17.1. The molecule has 0 spiro atoms. The predicted octanol–water partition coefficient (Wildman–Crippen LogP) is 5.68. The molecule has 0 unspecified atom stereocenters. The van der Waals surface area contributed by atoms with E-state index < -0.39 is 0 Å². The number of furan rings is 1. The number of methoxy groups -OCH3 is 1. The topological polar surface area (TPSA) is 53.1 Å². The highest BCUT2D eigenvalue weighted by Crippen LogP contribution is 2.29. The van der Waals surface area contributed by atoms with Crippen molar-refractivity contribution in [2.75, 3.05) is 7.11 Å². The van der Waals surface area contributed by atoms with Crippen LogP contribution in [-0.4, -0.2) is 21.9 Å². The summed E-state index contributed by atoms with van der Waals surface area (Å²) in [5, 5.41) is 10.1. The van der Waals surface area contributed by atoms with Crippen molar-refractivity contribution in [3.8, 4) is 17.1 Å². The zero-order valence-electron chi connectivity index (χ0n) is 15.5. The molecule has 0 atom stereocenters. The molecule has 2 aromatic heterocycles. The molecule has 5 nitrogen and oxygen atoms in total. The van der Waals surface area contributed by atoms with E-state index in [1.165, 1.54) is 24.9 Å². The Bertz CT molecular complexity index is 1100. The van der Waals surface area contributed by atoms with Gasteiger partial charge in [-0.1, -0.05) is 29.4 Å². The van der Waals surface area contributed by atoms with Crippen molar-refractivity contribution in [2.24, 2.45) is 0 Å². The smallest absolute Gasteiger partial charge is 0.192 e.